The van der Waals surface area contributed by atoms with E-state index in [0.717, 1.165) is 39.1 Å². The molecule has 0 unspecified atom stereocenters. The third-order valence-corrected chi connectivity index (χ3v) is 8.51. The maximum atomic E-state index is 13.9. The molecule has 0 atom stereocenters. The zero-order valence-electron chi connectivity index (χ0n) is 19.4. The fourth-order valence-corrected chi connectivity index (χ4v) is 6.56. The lowest BCUT2D eigenvalue weighted by molar-refractivity contribution is -0.113. The van der Waals surface area contributed by atoms with Gasteiger partial charge in [0.25, 0.3) is 5.91 Å². The monoisotopic (exact) mass is 505 g/mol. The summed E-state index contributed by atoms with van der Waals surface area (Å²) in [6.07, 6.45) is 0. The van der Waals surface area contributed by atoms with Gasteiger partial charge >= 0.3 is 0 Å². The van der Waals surface area contributed by atoms with E-state index in [1.165, 1.54) is 22.9 Å². The van der Waals surface area contributed by atoms with Gasteiger partial charge in [0.15, 0.2) is 5.17 Å². The van der Waals surface area contributed by atoms with Crippen LogP contribution in [0.2, 0.25) is 5.02 Å². The highest BCUT2D eigenvalue weighted by Crippen LogP contribution is 2.51. The largest absolute Gasteiger partial charge is 0.334 e. The number of fused-ring (bicyclic) bond motifs is 1. The molecule has 0 aliphatic carbocycles. The molecule has 0 N–H and O–H groups in total. The van der Waals surface area contributed by atoms with Crippen molar-refractivity contribution in [3.63, 3.8) is 0 Å². The van der Waals surface area contributed by atoms with Crippen LogP contribution in [0.15, 0.2) is 80.5 Å². The Balaban J connectivity index is 1.64. The molecule has 3 aromatic carbocycles. The normalized spacial score (nSPS) is 18.9. The number of rotatable bonds is 3. The SMILES string of the molecule is CCN1C(=C2SC(=Nc3ccc(C)c(C)c3)N(c3cccc(C)c3)C2=O)Sc2ccc(Cl)cc21. The van der Waals surface area contributed by atoms with Gasteiger partial charge in [-0.05, 0) is 98.6 Å². The van der Waals surface area contributed by atoms with Crippen LogP contribution in [-0.4, -0.2) is 17.6 Å². The van der Waals surface area contributed by atoms with Crippen molar-refractivity contribution in [2.24, 2.45) is 4.99 Å². The van der Waals surface area contributed by atoms with Crippen molar-refractivity contribution < 1.29 is 4.79 Å². The summed E-state index contributed by atoms with van der Waals surface area (Å²) in [7, 11) is 0. The number of thioether (sulfide) groups is 2. The van der Waals surface area contributed by atoms with Gasteiger partial charge in [0.05, 0.1) is 17.1 Å². The molecule has 0 bridgehead atoms. The molecule has 3 aromatic rings. The molecule has 1 saturated heterocycles. The predicted molar refractivity (Wildman–Crippen MR) is 147 cm³/mol. The van der Waals surface area contributed by atoms with Crippen LogP contribution in [0, 0.1) is 20.8 Å². The number of aliphatic imine (C=N–C) groups is 1. The van der Waals surface area contributed by atoms with Crippen molar-refractivity contribution in [1.82, 2.24) is 0 Å². The van der Waals surface area contributed by atoms with Gasteiger partial charge < -0.3 is 4.90 Å². The smallest absolute Gasteiger partial charge is 0.274 e. The number of hydrogen-bond acceptors (Lipinski definition) is 5. The maximum Gasteiger partial charge on any atom is 0.274 e. The van der Waals surface area contributed by atoms with Crippen LogP contribution in [0.1, 0.15) is 23.6 Å². The van der Waals surface area contributed by atoms with Crippen LogP contribution in [0.25, 0.3) is 0 Å². The standard InChI is InChI=1S/C27H24ClN3OS2/c1-5-30-22-15-19(28)10-12-23(22)33-26(30)24-25(32)31(21-8-6-7-16(2)13-21)27(34-24)29-20-11-9-17(3)18(4)14-20/h6-15H,5H2,1-4H3. The summed E-state index contributed by atoms with van der Waals surface area (Å²) in [5.74, 6) is -0.0574. The molecule has 1 amide bonds. The summed E-state index contributed by atoms with van der Waals surface area (Å²) in [5.41, 5.74) is 6.18. The topological polar surface area (TPSA) is 35.9 Å². The lowest BCUT2D eigenvalue weighted by Crippen LogP contribution is -2.29. The maximum absolute atomic E-state index is 13.9. The Kier molecular flexibility index (Phi) is 6.23. The molecule has 172 valence electrons. The van der Waals surface area contributed by atoms with E-state index < -0.39 is 0 Å². The summed E-state index contributed by atoms with van der Waals surface area (Å²) in [6, 6.07) is 20.0. The highest BCUT2D eigenvalue weighted by atomic mass is 35.5. The Labute approximate surface area is 213 Å². The van der Waals surface area contributed by atoms with Gasteiger partial charge in [0.1, 0.15) is 9.93 Å². The second-order valence-electron chi connectivity index (χ2n) is 8.34. The van der Waals surface area contributed by atoms with E-state index in [9.17, 15) is 4.79 Å². The fourth-order valence-electron chi connectivity index (χ4n) is 4.02. The number of amidine groups is 1. The van der Waals surface area contributed by atoms with Crippen LogP contribution in [0.5, 0.6) is 0 Å². The van der Waals surface area contributed by atoms with E-state index in [-0.39, 0.29) is 5.91 Å². The average Bonchev–Trinajstić information content (AvgIpc) is 3.32. The van der Waals surface area contributed by atoms with Gasteiger partial charge in [-0.2, -0.15) is 0 Å². The van der Waals surface area contributed by atoms with Crippen LogP contribution < -0.4 is 9.80 Å². The number of halogens is 1. The quantitative estimate of drug-likeness (QED) is 0.340. The first-order chi connectivity index (χ1) is 16.4. The molecule has 0 saturated carbocycles. The number of amides is 1. The van der Waals surface area contributed by atoms with Gasteiger partial charge in [-0.25, -0.2) is 4.99 Å². The zero-order chi connectivity index (χ0) is 24.0. The summed E-state index contributed by atoms with van der Waals surface area (Å²) < 4.78 is 0. The summed E-state index contributed by atoms with van der Waals surface area (Å²) >= 11 is 9.33. The Hall–Kier alpha value is -2.67. The van der Waals surface area contributed by atoms with Gasteiger partial charge in [0.2, 0.25) is 0 Å². The lowest BCUT2D eigenvalue weighted by atomic mass is 10.1. The predicted octanol–water partition coefficient (Wildman–Crippen LogP) is 7.83. The van der Waals surface area contributed by atoms with E-state index in [4.69, 9.17) is 16.6 Å². The molecule has 0 spiro atoms. The second kappa shape index (κ2) is 9.17. The molecule has 7 heteroatoms. The minimum Gasteiger partial charge on any atom is -0.334 e. The number of carbonyl (C=O) groups is 1. The summed E-state index contributed by atoms with van der Waals surface area (Å²) in [5, 5.41) is 2.28. The Morgan fingerprint density at radius 2 is 1.76 bits per heavy atom. The van der Waals surface area contributed by atoms with Crippen LogP contribution in [0.4, 0.5) is 17.1 Å². The first-order valence-corrected chi connectivity index (χ1v) is 13.1. The van der Waals surface area contributed by atoms with Crippen molar-refractivity contribution in [1.29, 1.82) is 0 Å². The van der Waals surface area contributed by atoms with Crippen molar-refractivity contribution in [3.05, 3.63) is 92.3 Å². The highest BCUT2D eigenvalue weighted by Gasteiger charge is 2.40. The molecule has 0 radical (unpaired) electrons. The zero-order valence-corrected chi connectivity index (χ0v) is 21.8. The number of aryl methyl sites for hydroxylation is 3. The van der Waals surface area contributed by atoms with Crippen LogP contribution in [0.3, 0.4) is 0 Å². The molecular weight excluding hydrogens is 482 g/mol. The van der Waals surface area contributed by atoms with Gasteiger partial charge in [-0.15, -0.1) is 0 Å². The lowest BCUT2D eigenvalue weighted by Gasteiger charge is -2.19. The minimum atomic E-state index is -0.0574. The van der Waals surface area contributed by atoms with E-state index in [0.29, 0.717) is 15.1 Å². The van der Waals surface area contributed by atoms with Crippen molar-refractivity contribution in [2.45, 2.75) is 32.6 Å². The summed E-state index contributed by atoms with van der Waals surface area (Å²) in [4.78, 5) is 24.5. The van der Waals surface area contributed by atoms with Gasteiger partial charge in [0, 0.05) is 16.5 Å². The molecule has 2 aliphatic rings. The number of benzene rings is 3. The first-order valence-electron chi connectivity index (χ1n) is 11.1. The van der Waals surface area contributed by atoms with E-state index in [1.807, 2.05) is 55.5 Å². The Bertz CT molecular complexity index is 1380. The molecule has 0 aromatic heterocycles. The number of anilines is 2. The molecule has 1 fully saturated rings. The molecule has 4 nitrogen and oxygen atoms in total. The molecule has 2 aliphatic heterocycles. The van der Waals surface area contributed by atoms with Crippen LogP contribution >= 0.6 is 35.1 Å². The first kappa shape index (κ1) is 23.1. The Morgan fingerprint density at radius 1 is 0.941 bits per heavy atom. The molecule has 2 heterocycles. The van der Waals surface area contributed by atoms with E-state index in [2.05, 4.69) is 37.8 Å². The molecular formula is C27H24ClN3OS2. The Morgan fingerprint density at radius 3 is 2.50 bits per heavy atom. The molecule has 34 heavy (non-hydrogen) atoms. The van der Waals surface area contributed by atoms with Crippen LogP contribution in [-0.2, 0) is 4.79 Å². The third-order valence-electron chi connectivity index (χ3n) is 5.93. The van der Waals surface area contributed by atoms with Gasteiger partial charge in [-0.1, -0.05) is 41.6 Å². The number of hydrogen-bond donors (Lipinski definition) is 0. The van der Waals surface area contributed by atoms with Gasteiger partial charge in [-0.3, -0.25) is 9.69 Å². The van der Waals surface area contributed by atoms with Crippen molar-refractivity contribution in [3.8, 4) is 0 Å². The number of nitrogens with zero attached hydrogens (tertiary/aromatic N) is 3. The third kappa shape index (κ3) is 4.15. The van der Waals surface area contributed by atoms with E-state index >= 15 is 0 Å². The minimum absolute atomic E-state index is 0.0574. The fraction of sp³-hybridized carbons (Fsp3) is 0.185. The van der Waals surface area contributed by atoms with E-state index in [1.54, 1.807) is 16.7 Å². The number of carbonyl (C=O) groups excluding carboxylic acids is 1. The van der Waals surface area contributed by atoms with Crippen molar-refractivity contribution >= 4 is 63.3 Å². The summed E-state index contributed by atoms with van der Waals surface area (Å²) in [6.45, 7) is 9.02. The van der Waals surface area contributed by atoms with Crippen molar-refractivity contribution in [2.75, 3.05) is 16.3 Å². The second-order valence-corrected chi connectivity index (χ2v) is 10.8. The highest BCUT2D eigenvalue weighted by molar-refractivity contribution is 8.20. The average molecular weight is 506 g/mol. The molecule has 5 rings (SSSR count).